The van der Waals surface area contributed by atoms with Crippen LogP contribution >= 0.6 is 0 Å². The molecule has 0 aliphatic carbocycles. The second-order valence-corrected chi connectivity index (χ2v) is 4.29. The van der Waals surface area contributed by atoms with E-state index < -0.39 is 5.91 Å². The summed E-state index contributed by atoms with van der Waals surface area (Å²) < 4.78 is 0. The molecule has 0 rings (SSSR count). The van der Waals surface area contributed by atoms with E-state index in [9.17, 15) is 9.59 Å². The van der Waals surface area contributed by atoms with Crippen molar-refractivity contribution >= 4 is 18.0 Å². The molecule has 17 heavy (non-hydrogen) atoms. The average Bonchev–Trinajstić information content (AvgIpc) is 2.14. The number of primary amides is 1. The van der Waals surface area contributed by atoms with E-state index in [1.807, 2.05) is 20.1 Å². The zero-order chi connectivity index (χ0) is 13.3. The van der Waals surface area contributed by atoms with Crippen LogP contribution in [0.3, 0.4) is 0 Å². The van der Waals surface area contributed by atoms with E-state index in [1.165, 1.54) is 0 Å². The summed E-state index contributed by atoms with van der Waals surface area (Å²) in [6.45, 7) is 5.41. The predicted octanol–water partition coefficient (Wildman–Crippen LogP) is -0.753. The van der Waals surface area contributed by atoms with Gasteiger partial charge in [0.2, 0.25) is 11.8 Å². The molecule has 6 nitrogen and oxygen atoms in total. The molecule has 0 unspecified atom stereocenters. The summed E-state index contributed by atoms with van der Waals surface area (Å²) in [5.41, 5.74) is 5.01. The first kappa shape index (κ1) is 15.6. The molecule has 0 heterocycles. The standard InChI is InChI=1S/C11H22N4O2/c1-9(2)6-13-4-5-14-11(17)8-15(3)7-10(12)16/h6,9H,4-5,7-8H2,1-3H3,(H2,12,16)(H,14,17). The fraction of sp³-hybridized carbons (Fsp3) is 0.727. The van der Waals surface area contributed by atoms with Crippen LogP contribution in [0.15, 0.2) is 4.99 Å². The highest BCUT2D eigenvalue weighted by Crippen LogP contribution is 1.84. The minimum Gasteiger partial charge on any atom is -0.369 e. The smallest absolute Gasteiger partial charge is 0.234 e. The Morgan fingerprint density at radius 2 is 2.06 bits per heavy atom. The second-order valence-electron chi connectivity index (χ2n) is 4.29. The molecule has 6 heteroatoms. The maximum absolute atomic E-state index is 11.4. The molecule has 3 N–H and O–H groups in total. The summed E-state index contributed by atoms with van der Waals surface area (Å²) in [6.07, 6.45) is 1.85. The minimum absolute atomic E-state index is 0.0823. The summed E-state index contributed by atoms with van der Waals surface area (Å²) in [6, 6.07) is 0. The van der Waals surface area contributed by atoms with Gasteiger partial charge >= 0.3 is 0 Å². The molecule has 0 atom stereocenters. The Morgan fingerprint density at radius 1 is 1.41 bits per heavy atom. The molecule has 0 aromatic carbocycles. The number of nitrogens with two attached hydrogens (primary N) is 1. The molecule has 0 bridgehead atoms. The molecule has 0 aliphatic rings. The van der Waals surface area contributed by atoms with Crippen molar-refractivity contribution in [1.82, 2.24) is 10.2 Å². The van der Waals surface area contributed by atoms with Crippen molar-refractivity contribution in [2.45, 2.75) is 13.8 Å². The van der Waals surface area contributed by atoms with Gasteiger partial charge in [-0.2, -0.15) is 0 Å². The number of hydrogen-bond acceptors (Lipinski definition) is 4. The van der Waals surface area contributed by atoms with Crippen LogP contribution in [-0.4, -0.2) is 56.2 Å². The average molecular weight is 242 g/mol. The van der Waals surface area contributed by atoms with Crippen molar-refractivity contribution < 1.29 is 9.59 Å². The number of carbonyl (C=O) groups excluding carboxylic acids is 2. The van der Waals surface area contributed by atoms with Gasteiger partial charge in [-0.25, -0.2) is 0 Å². The molecular formula is C11H22N4O2. The number of rotatable bonds is 8. The van der Waals surface area contributed by atoms with Crippen LogP contribution in [0.4, 0.5) is 0 Å². The van der Waals surface area contributed by atoms with E-state index >= 15 is 0 Å². The van der Waals surface area contributed by atoms with Gasteiger partial charge < -0.3 is 11.1 Å². The summed E-state index contributed by atoms with van der Waals surface area (Å²) in [4.78, 5) is 27.7. The van der Waals surface area contributed by atoms with E-state index in [-0.39, 0.29) is 19.0 Å². The summed E-state index contributed by atoms with van der Waals surface area (Å²) in [5.74, 6) is -0.150. The maximum Gasteiger partial charge on any atom is 0.234 e. The third-order valence-electron chi connectivity index (χ3n) is 1.81. The number of aliphatic imine (C=N–C) groups is 1. The molecule has 0 fully saturated rings. The Hall–Kier alpha value is -1.43. The van der Waals surface area contributed by atoms with Gasteiger partial charge in [-0.3, -0.25) is 19.5 Å². The highest BCUT2D eigenvalue weighted by molar-refractivity contribution is 5.80. The quantitative estimate of drug-likeness (QED) is 0.433. The van der Waals surface area contributed by atoms with E-state index in [0.717, 1.165) is 0 Å². The largest absolute Gasteiger partial charge is 0.369 e. The number of nitrogens with one attached hydrogen (secondary N) is 1. The molecule has 0 radical (unpaired) electrons. The van der Waals surface area contributed by atoms with Crippen molar-refractivity contribution in [3.63, 3.8) is 0 Å². The lowest BCUT2D eigenvalue weighted by Crippen LogP contribution is -2.39. The molecular weight excluding hydrogens is 220 g/mol. The first-order chi connectivity index (χ1) is 7.91. The van der Waals surface area contributed by atoms with Gasteiger partial charge in [0.15, 0.2) is 0 Å². The van der Waals surface area contributed by atoms with Crippen LogP contribution in [-0.2, 0) is 9.59 Å². The van der Waals surface area contributed by atoms with E-state index in [0.29, 0.717) is 19.0 Å². The molecule has 0 spiro atoms. The van der Waals surface area contributed by atoms with E-state index in [2.05, 4.69) is 10.3 Å². The Kier molecular flexibility index (Phi) is 7.96. The van der Waals surface area contributed by atoms with Crippen LogP contribution in [0.5, 0.6) is 0 Å². The third kappa shape index (κ3) is 10.8. The van der Waals surface area contributed by atoms with Crippen molar-refractivity contribution in [1.29, 1.82) is 0 Å². The molecule has 98 valence electrons. The van der Waals surface area contributed by atoms with Gasteiger partial charge in [0.25, 0.3) is 0 Å². The highest BCUT2D eigenvalue weighted by Gasteiger charge is 2.07. The monoisotopic (exact) mass is 242 g/mol. The van der Waals surface area contributed by atoms with Gasteiger partial charge in [-0.05, 0) is 13.0 Å². The lowest BCUT2D eigenvalue weighted by atomic mass is 10.2. The normalized spacial score (nSPS) is 11.4. The molecule has 0 saturated carbocycles. The predicted molar refractivity (Wildman–Crippen MR) is 67.9 cm³/mol. The second kappa shape index (κ2) is 8.69. The lowest BCUT2D eigenvalue weighted by Gasteiger charge is -2.13. The molecule has 0 saturated heterocycles. The molecule has 0 aromatic heterocycles. The Labute approximate surface area is 102 Å². The van der Waals surface area contributed by atoms with E-state index in [4.69, 9.17) is 5.73 Å². The maximum atomic E-state index is 11.4. The first-order valence-electron chi connectivity index (χ1n) is 5.65. The van der Waals surface area contributed by atoms with Crippen molar-refractivity contribution in [2.75, 3.05) is 33.2 Å². The molecule has 0 aliphatic heterocycles. The summed E-state index contributed by atoms with van der Waals surface area (Å²) in [7, 11) is 1.67. The van der Waals surface area contributed by atoms with Gasteiger partial charge in [0, 0.05) is 12.8 Å². The minimum atomic E-state index is -0.443. The topological polar surface area (TPSA) is 87.8 Å². The Balaban J connectivity index is 3.62. The van der Waals surface area contributed by atoms with Crippen LogP contribution < -0.4 is 11.1 Å². The number of likely N-dealkylation sites (N-methyl/N-ethyl adjacent to an activating group) is 1. The number of carbonyl (C=O) groups is 2. The lowest BCUT2D eigenvalue weighted by molar-refractivity contribution is -0.123. The highest BCUT2D eigenvalue weighted by atomic mass is 16.2. The fourth-order valence-corrected chi connectivity index (χ4v) is 1.17. The SMILES string of the molecule is CC(C)C=NCCNC(=O)CN(C)CC(N)=O. The Morgan fingerprint density at radius 3 is 2.59 bits per heavy atom. The summed E-state index contributed by atoms with van der Waals surface area (Å²) >= 11 is 0. The third-order valence-corrected chi connectivity index (χ3v) is 1.81. The van der Waals surface area contributed by atoms with Gasteiger partial charge in [0.05, 0.1) is 19.6 Å². The Bertz CT molecular complexity index is 277. The van der Waals surface area contributed by atoms with Crippen LogP contribution in [0.1, 0.15) is 13.8 Å². The van der Waals surface area contributed by atoms with Crippen molar-refractivity contribution in [3.05, 3.63) is 0 Å². The van der Waals surface area contributed by atoms with Crippen molar-refractivity contribution in [3.8, 4) is 0 Å². The fourth-order valence-electron chi connectivity index (χ4n) is 1.17. The zero-order valence-electron chi connectivity index (χ0n) is 10.8. The number of nitrogens with zero attached hydrogens (tertiary/aromatic N) is 2. The molecule has 2 amide bonds. The van der Waals surface area contributed by atoms with Crippen LogP contribution in [0.25, 0.3) is 0 Å². The number of amides is 2. The van der Waals surface area contributed by atoms with Gasteiger partial charge in [-0.1, -0.05) is 13.8 Å². The van der Waals surface area contributed by atoms with E-state index in [1.54, 1.807) is 11.9 Å². The molecule has 0 aromatic rings. The van der Waals surface area contributed by atoms with Gasteiger partial charge in [0.1, 0.15) is 0 Å². The zero-order valence-corrected chi connectivity index (χ0v) is 10.8. The van der Waals surface area contributed by atoms with Gasteiger partial charge in [-0.15, -0.1) is 0 Å². The number of hydrogen-bond donors (Lipinski definition) is 2. The van der Waals surface area contributed by atoms with Crippen LogP contribution in [0.2, 0.25) is 0 Å². The van der Waals surface area contributed by atoms with Crippen LogP contribution in [0, 0.1) is 5.92 Å². The first-order valence-corrected chi connectivity index (χ1v) is 5.65. The van der Waals surface area contributed by atoms with Crippen molar-refractivity contribution in [2.24, 2.45) is 16.6 Å². The summed E-state index contributed by atoms with van der Waals surface area (Å²) in [5, 5.41) is 2.71.